The summed E-state index contributed by atoms with van der Waals surface area (Å²) in [6.45, 7) is 2.46. The van der Waals surface area contributed by atoms with Gasteiger partial charge in [-0.25, -0.2) is 4.68 Å². The minimum atomic E-state index is -0.191. The Kier molecular flexibility index (Phi) is 4.89. The summed E-state index contributed by atoms with van der Waals surface area (Å²) in [7, 11) is 0. The fourth-order valence-corrected chi connectivity index (χ4v) is 5.55. The lowest BCUT2D eigenvalue weighted by atomic mass is 9.84. The zero-order chi connectivity index (χ0) is 20.7. The number of fused-ring (bicyclic) bond motifs is 3. The third-order valence-corrected chi connectivity index (χ3v) is 7.05. The normalized spacial score (nSPS) is 23.6. The largest absolute Gasteiger partial charge is 0.348 e. The number of nitrogens with one attached hydrogen (secondary N) is 1. The Hall–Kier alpha value is -2.95. The highest BCUT2D eigenvalue weighted by molar-refractivity contribution is 6.04. The predicted octanol–water partition coefficient (Wildman–Crippen LogP) is 4.00. The van der Waals surface area contributed by atoms with E-state index in [1.54, 1.807) is 6.07 Å². The van der Waals surface area contributed by atoms with E-state index in [-0.39, 0.29) is 17.5 Å². The van der Waals surface area contributed by atoms with Crippen LogP contribution >= 0.6 is 0 Å². The van der Waals surface area contributed by atoms with Crippen LogP contribution in [0.2, 0.25) is 0 Å². The number of nitrogens with zero attached hydrogens (tertiary/aromatic N) is 2. The van der Waals surface area contributed by atoms with Crippen molar-refractivity contribution in [2.45, 2.75) is 45.2 Å². The van der Waals surface area contributed by atoms with Crippen molar-refractivity contribution in [2.75, 3.05) is 0 Å². The van der Waals surface area contributed by atoms with Crippen LogP contribution in [0, 0.1) is 17.8 Å². The predicted molar refractivity (Wildman–Crippen MR) is 117 cm³/mol. The molecular formula is C25H27N3O2. The maximum atomic E-state index is 13.3. The van der Waals surface area contributed by atoms with Crippen molar-refractivity contribution in [3.63, 3.8) is 0 Å². The quantitative estimate of drug-likeness (QED) is 0.703. The lowest BCUT2D eigenvalue weighted by Crippen LogP contribution is -2.41. The maximum absolute atomic E-state index is 13.3. The van der Waals surface area contributed by atoms with Gasteiger partial charge >= 0.3 is 0 Å². The molecule has 2 bridgehead atoms. The molecule has 3 aromatic rings. The van der Waals surface area contributed by atoms with Crippen molar-refractivity contribution < 1.29 is 4.79 Å². The van der Waals surface area contributed by atoms with E-state index in [4.69, 9.17) is 0 Å². The highest BCUT2D eigenvalue weighted by Crippen LogP contribution is 2.49. The van der Waals surface area contributed by atoms with Crippen molar-refractivity contribution in [1.29, 1.82) is 0 Å². The molecule has 2 saturated carbocycles. The summed E-state index contributed by atoms with van der Waals surface area (Å²) in [5, 5.41) is 8.87. The van der Waals surface area contributed by atoms with Crippen molar-refractivity contribution in [3.05, 3.63) is 76.2 Å². The molecule has 4 atom stereocenters. The van der Waals surface area contributed by atoms with E-state index >= 15 is 0 Å². The highest BCUT2D eigenvalue weighted by Gasteiger charge is 2.42. The molecule has 0 radical (unpaired) electrons. The second-order valence-corrected chi connectivity index (χ2v) is 8.94. The lowest BCUT2D eigenvalue weighted by molar-refractivity contribution is 0.0909. The van der Waals surface area contributed by atoms with Gasteiger partial charge in [0.15, 0.2) is 5.69 Å². The number of benzene rings is 2. The number of hydrogen-bond donors (Lipinski definition) is 1. The fourth-order valence-electron chi connectivity index (χ4n) is 5.55. The molecule has 1 heterocycles. The molecule has 2 fully saturated rings. The highest BCUT2D eigenvalue weighted by atomic mass is 16.2. The zero-order valence-electron chi connectivity index (χ0n) is 17.3. The van der Waals surface area contributed by atoms with Gasteiger partial charge in [-0.2, -0.15) is 5.10 Å². The van der Waals surface area contributed by atoms with E-state index in [1.807, 2.05) is 48.5 Å². The summed E-state index contributed by atoms with van der Waals surface area (Å²) in [6.07, 6.45) is 5.17. The van der Waals surface area contributed by atoms with Crippen molar-refractivity contribution >= 4 is 16.7 Å². The first-order valence-electron chi connectivity index (χ1n) is 10.9. The minimum Gasteiger partial charge on any atom is -0.348 e. The molecule has 2 aliphatic carbocycles. The molecule has 0 aliphatic heterocycles. The molecule has 2 aromatic carbocycles. The first-order valence-corrected chi connectivity index (χ1v) is 10.9. The smallest absolute Gasteiger partial charge is 0.274 e. The molecule has 1 N–H and O–H groups in total. The minimum absolute atomic E-state index is 0.114. The van der Waals surface area contributed by atoms with E-state index in [9.17, 15) is 9.59 Å². The molecule has 0 saturated heterocycles. The van der Waals surface area contributed by atoms with Crippen molar-refractivity contribution in [2.24, 2.45) is 17.8 Å². The van der Waals surface area contributed by atoms with Crippen LogP contribution in [-0.2, 0) is 6.54 Å². The molecule has 2 aliphatic rings. The molecule has 5 heteroatoms. The van der Waals surface area contributed by atoms with Crippen LogP contribution in [0.25, 0.3) is 10.8 Å². The first-order chi connectivity index (χ1) is 14.6. The van der Waals surface area contributed by atoms with Crippen LogP contribution in [-0.4, -0.2) is 21.7 Å². The van der Waals surface area contributed by atoms with Gasteiger partial charge in [0.2, 0.25) is 0 Å². The Morgan fingerprint density at radius 3 is 2.50 bits per heavy atom. The standard InChI is InChI=1S/C25H27N3O2/c1-16(22-14-18-11-12-19(22)13-18)26-24(29)23-20-9-5-6-10-21(20)25(30)28(27-23)15-17-7-3-2-4-8-17/h2-10,16,18-19,22H,11-15H2,1H3,(H,26,29)/t16-,18-,19-,22+/m0/s1. The monoisotopic (exact) mass is 401 g/mol. The molecule has 0 unspecified atom stereocenters. The maximum Gasteiger partial charge on any atom is 0.274 e. The lowest BCUT2D eigenvalue weighted by Gasteiger charge is -2.28. The van der Waals surface area contributed by atoms with Crippen molar-refractivity contribution in [3.8, 4) is 0 Å². The summed E-state index contributed by atoms with van der Waals surface area (Å²) in [5.74, 6) is 1.94. The molecule has 1 amide bonds. The number of carbonyl (C=O) groups is 1. The molecule has 30 heavy (non-hydrogen) atoms. The van der Waals surface area contributed by atoms with Gasteiger partial charge in [0.25, 0.3) is 11.5 Å². The summed E-state index contributed by atoms with van der Waals surface area (Å²) in [4.78, 5) is 26.3. The van der Waals surface area contributed by atoms with E-state index in [1.165, 1.54) is 30.4 Å². The Bertz CT molecular complexity index is 1140. The number of amides is 1. The van der Waals surface area contributed by atoms with Crippen LogP contribution in [0.4, 0.5) is 0 Å². The second kappa shape index (κ2) is 7.71. The van der Waals surface area contributed by atoms with Crippen molar-refractivity contribution in [1.82, 2.24) is 15.1 Å². The summed E-state index contributed by atoms with van der Waals surface area (Å²) in [6, 6.07) is 17.1. The second-order valence-electron chi connectivity index (χ2n) is 8.94. The third-order valence-electron chi connectivity index (χ3n) is 7.05. The van der Waals surface area contributed by atoms with E-state index < -0.39 is 0 Å². The van der Waals surface area contributed by atoms with E-state index in [0.717, 1.165) is 17.4 Å². The zero-order valence-corrected chi connectivity index (χ0v) is 17.3. The average molecular weight is 402 g/mol. The summed E-state index contributed by atoms with van der Waals surface area (Å²) >= 11 is 0. The van der Waals surface area contributed by atoms with Gasteiger partial charge in [0, 0.05) is 11.4 Å². The van der Waals surface area contributed by atoms with Crippen LogP contribution in [0.3, 0.4) is 0 Å². The third kappa shape index (κ3) is 3.42. The summed E-state index contributed by atoms with van der Waals surface area (Å²) < 4.78 is 1.41. The Balaban J connectivity index is 1.47. The van der Waals surface area contributed by atoms with Gasteiger partial charge in [0.1, 0.15) is 0 Å². The van der Waals surface area contributed by atoms with Crippen LogP contribution in [0.5, 0.6) is 0 Å². The fraction of sp³-hybridized carbons (Fsp3) is 0.400. The van der Waals surface area contributed by atoms with Gasteiger partial charge in [-0.05, 0) is 55.6 Å². The number of hydrogen-bond acceptors (Lipinski definition) is 3. The number of rotatable bonds is 5. The number of aromatic nitrogens is 2. The number of carbonyl (C=O) groups excluding carboxylic acids is 1. The molecule has 154 valence electrons. The Morgan fingerprint density at radius 2 is 1.80 bits per heavy atom. The first kappa shape index (κ1) is 19.0. The van der Waals surface area contributed by atoms with Gasteiger partial charge in [-0.1, -0.05) is 55.0 Å². The van der Waals surface area contributed by atoms with Crippen LogP contribution in [0.1, 0.15) is 48.7 Å². The van der Waals surface area contributed by atoms with Gasteiger partial charge in [0.05, 0.1) is 11.9 Å². The molecule has 0 spiro atoms. The van der Waals surface area contributed by atoms with Gasteiger partial charge < -0.3 is 5.32 Å². The molecule has 5 nitrogen and oxygen atoms in total. The molecule has 1 aromatic heterocycles. The summed E-state index contributed by atoms with van der Waals surface area (Å²) in [5.41, 5.74) is 1.13. The SMILES string of the molecule is C[C@H](NC(=O)c1nn(Cc2ccccc2)c(=O)c2ccccc12)[C@H]1C[C@H]2CC[C@H]1C2. The van der Waals surface area contributed by atoms with Crippen LogP contribution < -0.4 is 10.9 Å². The van der Waals surface area contributed by atoms with E-state index in [0.29, 0.717) is 28.9 Å². The Labute approximate surface area is 176 Å². The topological polar surface area (TPSA) is 64.0 Å². The van der Waals surface area contributed by atoms with Gasteiger partial charge in [-0.15, -0.1) is 0 Å². The molecular weight excluding hydrogens is 374 g/mol. The van der Waals surface area contributed by atoms with E-state index in [2.05, 4.69) is 17.3 Å². The Morgan fingerprint density at radius 1 is 1.07 bits per heavy atom. The van der Waals surface area contributed by atoms with Gasteiger partial charge in [-0.3, -0.25) is 9.59 Å². The van der Waals surface area contributed by atoms with Crippen LogP contribution in [0.15, 0.2) is 59.4 Å². The average Bonchev–Trinajstić information content (AvgIpc) is 3.40. The molecule has 5 rings (SSSR count).